The first-order valence-corrected chi connectivity index (χ1v) is 9.32. The Morgan fingerprint density at radius 1 is 1.33 bits per heavy atom. The van der Waals surface area contributed by atoms with Gasteiger partial charge in [0.1, 0.15) is 11.6 Å². The fourth-order valence-electron chi connectivity index (χ4n) is 3.24. The summed E-state index contributed by atoms with van der Waals surface area (Å²) in [5, 5.41) is 0. The van der Waals surface area contributed by atoms with Gasteiger partial charge < -0.3 is 13.9 Å². The smallest absolute Gasteiger partial charge is 0.289 e. The molecule has 1 amide bonds. The number of aromatic nitrogens is 2. The molecule has 0 unspecified atom stereocenters. The van der Waals surface area contributed by atoms with Gasteiger partial charge in [-0.05, 0) is 43.5 Å². The number of rotatable bonds is 7. The van der Waals surface area contributed by atoms with Crippen LogP contribution in [0.4, 0.5) is 0 Å². The molecule has 2 aromatic heterocycles. The number of furan rings is 1. The summed E-state index contributed by atoms with van der Waals surface area (Å²) in [5.41, 5.74) is 2.96. The van der Waals surface area contributed by atoms with Crippen molar-refractivity contribution < 1.29 is 9.21 Å². The number of amides is 1. The maximum absolute atomic E-state index is 13.1. The SMILES string of the molecule is C=CCn1c(CN(CC(C)C)C(=O)c2cc(C)c(C)o2)nc2ccccc21. The van der Waals surface area contributed by atoms with Crippen LogP contribution in [0.25, 0.3) is 11.0 Å². The van der Waals surface area contributed by atoms with Gasteiger partial charge in [-0.1, -0.05) is 32.1 Å². The van der Waals surface area contributed by atoms with Gasteiger partial charge >= 0.3 is 0 Å². The van der Waals surface area contributed by atoms with Crippen LogP contribution in [0.1, 0.15) is 41.6 Å². The van der Waals surface area contributed by atoms with Crippen LogP contribution in [-0.4, -0.2) is 26.9 Å². The molecule has 0 spiro atoms. The number of nitrogens with zero attached hydrogens (tertiary/aromatic N) is 3. The van der Waals surface area contributed by atoms with Gasteiger partial charge in [-0.15, -0.1) is 6.58 Å². The van der Waals surface area contributed by atoms with E-state index in [4.69, 9.17) is 9.40 Å². The van der Waals surface area contributed by atoms with Crippen LogP contribution >= 0.6 is 0 Å². The van der Waals surface area contributed by atoms with Gasteiger partial charge in [-0.3, -0.25) is 4.79 Å². The average molecular weight is 365 g/mol. The molecule has 3 aromatic rings. The summed E-state index contributed by atoms with van der Waals surface area (Å²) >= 11 is 0. The number of carbonyl (C=O) groups excluding carboxylic acids is 1. The minimum atomic E-state index is -0.0999. The summed E-state index contributed by atoms with van der Waals surface area (Å²) < 4.78 is 7.79. The number of imidazole rings is 1. The van der Waals surface area contributed by atoms with Crippen molar-refractivity contribution in [2.45, 2.75) is 40.8 Å². The van der Waals surface area contributed by atoms with E-state index >= 15 is 0 Å². The topological polar surface area (TPSA) is 51.3 Å². The zero-order valence-electron chi connectivity index (χ0n) is 16.5. The number of aryl methyl sites for hydroxylation is 2. The lowest BCUT2D eigenvalue weighted by Crippen LogP contribution is -2.34. The lowest BCUT2D eigenvalue weighted by atomic mass is 10.2. The molecular formula is C22H27N3O2. The fourth-order valence-corrected chi connectivity index (χ4v) is 3.24. The number of para-hydroxylation sites is 2. The third-order valence-corrected chi connectivity index (χ3v) is 4.63. The summed E-state index contributed by atoms with van der Waals surface area (Å²) in [4.78, 5) is 19.7. The maximum Gasteiger partial charge on any atom is 0.289 e. The predicted octanol–water partition coefficient (Wildman–Crippen LogP) is 4.73. The highest BCUT2D eigenvalue weighted by molar-refractivity contribution is 5.91. The molecule has 27 heavy (non-hydrogen) atoms. The van der Waals surface area contributed by atoms with E-state index in [0.717, 1.165) is 28.2 Å². The van der Waals surface area contributed by atoms with E-state index in [1.54, 1.807) is 0 Å². The van der Waals surface area contributed by atoms with Crippen LogP contribution in [-0.2, 0) is 13.1 Å². The molecule has 0 aliphatic rings. The van der Waals surface area contributed by atoms with Gasteiger partial charge in [0.15, 0.2) is 5.76 Å². The van der Waals surface area contributed by atoms with Crippen molar-refractivity contribution in [3.63, 3.8) is 0 Å². The van der Waals surface area contributed by atoms with E-state index in [2.05, 4.69) is 25.0 Å². The van der Waals surface area contributed by atoms with Crippen molar-refractivity contribution in [3.8, 4) is 0 Å². The van der Waals surface area contributed by atoms with Gasteiger partial charge in [0.05, 0.1) is 17.6 Å². The van der Waals surface area contributed by atoms with Gasteiger partial charge in [0.2, 0.25) is 0 Å². The van der Waals surface area contributed by atoms with Gasteiger partial charge in [0.25, 0.3) is 5.91 Å². The normalized spacial score (nSPS) is 11.3. The molecule has 0 aliphatic heterocycles. The predicted molar refractivity (Wildman–Crippen MR) is 108 cm³/mol. The molecule has 2 heterocycles. The first kappa shape index (κ1) is 19.0. The van der Waals surface area contributed by atoms with Crippen molar-refractivity contribution in [3.05, 3.63) is 65.9 Å². The van der Waals surface area contributed by atoms with Crippen molar-refractivity contribution in [1.29, 1.82) is 0 Å². The lowest BCUT2D eigenvalue weighted by Gasteiger charge is -2.23. The van der Waals surface area contributed by atoms with Crippen LogP contribution in [0, 0.1) is 19.8 Å². The molecule has 1 aromatic carbocycles. The minimum Gasteiger partial charge on any atom is -0.456 e. The number of hydrogen-bond donors (Lipinski definition) is 0. The molecule has 0 N–H and O–H groups in total. The Morgan fingerprint density at radius 3 is 2.70 bits per heavy atom. The quantitative estimate of drug-likeness (QED) is 0.569. The van der Waals surface area contributed by atoms with Crippen molar-refractivity contribution in [2.75, 3.05) is 6.54 Å². The first-order chi connectivity index (χ1) is 12.9. The molecule has 0 atom stereocenters. The maximum atomic E-state index is 13.1. The second-order valence-corrected chi connectivity index (χ2v) is 7.35. The standard InChI is InChI=1S/C22H27N3O2/c1-6-11-25-19-10-8-7-9-18(19)23-21(25)14-24(13-15(2)3)22(26)20-12-16(4)17(5)27-20/h6-10,12,15H,1,11,13-14H2,2-5H3. The Bertz CT molecular complexity index is 946. The summed E-state index contributed by atoms with van der Waals surface area (Å²) in [7, 11) is 0. The van der Waals surface area contributed by atoms with E-state index in [9.17, 15) is 4.79 Å². The van der Waals surface area contributed by atoms with Gasteiger partial charge in [-0.2, -0.15) is 0 Å². The van der Waals surface area contributed by atoms with Crippen molar-refractivity contribution in [2.24, 2.45) is 5.92 Å². The van der Waals surface area contributed by atoms with Crippen LogP contribution in [0.5, 0.6) is 0 Å². The monoisotopic (exact) mass is 365 g/mol. The van der Waals surface area contributed by atoms with Crippen LogP contribution in [0.3, 0.4) is 0 Å². The Labute approximate surface area is 160 Å². The summed E-state index contributed by atoms with van der Waals surface area (Å²) in [6, 6.07) is 9.83. The van der Waals surface area contributed by atoms with Crippen LogP contribution in [0.15, 0.2) is 47.4 Å². The number of carbonyl (C=O) groups is 1. The highest BCUT2D eigenvalue weighted by atomic mass is 16.4. The average Bonchev–Trinajstić information content (AvgIpc) is 3.14. The van der Waals surface area contributed by atoms with Crippen molar-refractivity contribution in [1.82, 2.24) is 14.5 Å². The Balaban J connectivity index is 1.97. The Morgan fingerprint density at radius 2 is 2.07 bits per heavy atom. The third kappa shape index (κ3) is 3.97. The molecule has 0 saturated carbocycles. The largest absolute Gasteiger partial charge is 0.456 e. The molecule has 142 valence electrons. The molecule has 0 radical (unpaired) electrons. The van der Waals surface area contributed by atoms with Crippen LogP contribution in [0.2, 0.25) is 0 Å². The van der Waals surface area contributed by atoms with E-state index in [0.29, 0.717) is 31.3 Å². The van der Waals surface area contributed by atoms with E-state index < -0.39 is 0 Å². The highest BCUT2D eigenvalue weighted by Gasteiger charge is 2.23. The molecule has 0 aliphatic carbocycles. The molecule has 0 saturated heterocycles. The summed E-state index contributed by atoms with van der Waals surface area (Å²) in [5.74, 6) is 2.25. The summed E-state index contributed by atoms with van der Waals surface area (Å²) in [6.07, 6.45) is 1.85. The summed E-state index contributed by atoms with van der Waals surface area (Å²) in [6.45, 7) is 13.6. The highest BCUT2D eigenvalue weighted by Crippen LogP contribution is 2.21. The molecule has 5 heteroatoms. The van der Waals surface area contributed by atoms with Crippen LogP contribution < -0.4 is 0 Å². The third-order valence-electron chi connectivity index (χ3n) is 4.63. The van der Waals surface area contributed by atoms with Gasteiger partial charge in [-0.25, -0.2) is 4.98 Å². The van der Waals surface area contributed by atoms with E-state index in [1.165, 1.54) is 0 Å². The molecule has 3 rings (SSSR count). The second kappa shape index (κ2) is 7.82. The molecular weight excluding hydrogens is 338 g/mol. The zero-order valence-corrected chi connectivity index (χ0v) is 16.5. The number of fused-ring (bicyclic) bond motifs is 1. The minimum absolute atomic E-state index is 0.0999. The fraction of sp³-hybridized carbons (Fsp3) is 0.364. The molecule has 0 fully saturated rings. The second-order valence-electron chi connectivity index (χ2n) is 7.35. The number of hydrogen-bond acceptors (Lipinski definition) is 3. The molecule has 0 bridgehead atoms. The first-order valence-electron chi connectivity index (χ1n) is 9.32. The lowest BCUT2D eigenvalue weighted by molar-refractivity contribution is 0.0683. The Hall–Kier alpha value is -2.82. The van der Waals surface area contributed by atoms with Gasteiger partial charge in [0, 0.05) is 13.1 Å². The number of benzene rings is 1. The Kier molecular flexibility index (Phi) is 5.49. The molecule has 5 nitrogen and oxygen atoms in total. The van der Waals surface area contributed by atoms with E-state index in [1.807, 2.05) is 55.2 Å². The van der Waals surface area contributed by atoms with Crippen molar-refractivity contribution >= 4 is 16.9 Å². The zero-order chi connectivity index (χ0) is 19.6. The van der Waals surface area contributed by atoms with E-state index in [-0.39, 0.29) is 5.91 Å². The number of allylic oxidation sites excluding steroid dienone is 1.